The molecule has 2 N–H and O–H groups in total. The molecule has 0 radical (unpaired) electrons. The Labute approximate surface area is 188 Å². The van der Waals surface area contributed by atoms with Crippen LogP contribution in [0.15, 0.2) is 63.6 Å². The molecule has 8 heteroatoms. The standard InChI is InChI=1S/C24H23F3N2O2S/c1-13-19(22(31)29-16-6-4-5-15(9-16)24(25,26)27)20(14-7-8-32-12-14)21-17(28-13)10-23(2,3)11-18(21)30/h4-9,12,20,28H,10-11H2,1-3H3,(H,29,31). The molecular weight excluding hydrogens is 437 g/mol. The van der Waals surface area contributed by atoms with Gasteiger partial charge in [0.25, 0.3) is 5.91 Å². The molecule has 1 atom stereocenters. The minimum absolute atomic E-state index is 0.0168. The van der Waals surface area contributed by atoms with Gasteiger partial charge in [-0.25, -0.2) is 0 Å². The Balaban J connectivity index is 1.73. The van der Waals surface area contributed by atoms with E-state index in [1.807, 2.05) is 30.7 Å². The van der Waals surface area contributed by atoms with E-state index in [4.69, 9.17) is 0 Å². The molecule has 0 bridgehead atoms. The maximum atomic E-state index is 13.3. The molecule has 1 aromatic heterocycles. The van der Waals surface area contributed by atoms with Crippen LogP contribution in [0, 0.1) is 5.41 Å². The lowest BCUT2D eigenvalue weighted by atomic mass is 9.69. The van der Waals surface area contributed by atoms with Crippen LogP contribution in [0.2, 0.25) is 0 Å². The van der Waals surface area contributed by atoms with Gasteiger partial charge in [-0.1, -0.05) is 19.9 Å². The van der Waals surface area contributed by atoms with Gasteiger partial charge in [-0.05, 0) is 59.3 Å². The summed E-state index contributed by atoms with van der Waals surface area (Å²) in [5, 5.41) is 9.64. The molecule has 2 aromatic rings. The van der Waals surface area contributed by atoms with Gasteiger partial charge in [0.15, 0.2) is 5.78 Å². The van der Waals surface area contributed by atoms with Crippen molar-refractivity contribution < 1.29 is 22.8 Å². The van der Waals surface area contributed by atoms with E-state index in [9.17, 15) is 22.8 Å². The van der Waals surface area contributed by atoms with Gasteiger partial charge in [0.2, 0.25) is 0 Å². The van der Waals surface area contributed by atoms with Crippen molar-refractivity contribution in [2.45, 2.75) is 45.7 Å². The van der Waals surface area contributed by atoms with Crippen LogP contribution in [0.1, 0.15) is 50.7 Å². The summed E-state index contributed by atoms with van der Waals surface area (Å²) in [7, 11) is 0. The molecule has 0 saturated heterocycles. The van der Waals surface area contributed by atoms with Gasteiger partial charge in [-0.2, -0.15) is 24.5 Å². The Morgan fingerprint density at radius 1 is 1.22 bits per heavy atom. The average Bonchev–Trinajstić information content (AvgIpc) is 3.19. The summed E-state index contributed by atoms with van der Waals surface area (Å²) < 4.78 is 39.3. The zero-order valence-electron chi connectivity index (χ0n) is 17.9. The summed E-state index contributed by atoms with van der Waals surface area (Å²) in [5.74, 6) is -1.11. The molecule has 1 unspecified atom stereocenters. The highest BCUT2D eigenvalue weighted by Gasteiger charge is 2.42. The first-order valence-electron chi connectivity index (χ1n) is 10.2. The first-order chi connectivity index (χ1) is 15.0. The van der Waals surface area contributed by atoms with Crippen LogP contribution < -0.4 is 10.6 Å². The van der Waals surface area contributed by atoms with Gasteiger partial charge in [0, 0.05) is 40.6 Å². The lowest BCUT2D eigenvalue weighted by molar-refractivity contribution is -0.137. The highest BCUT2D eigenvalue weighted by atomic mass is 32.1. The number of dihydropyridines is 1. The van der Waals surface area contributed by atoms with Crippen molar-refractivity contribution in [1.82, 2.24) is 5.32 Å². The third-order valence-electron chi connectivity index (χ3n) is 5.81. The Hall–Kier alpha value is -2.87. The second-order valence-corrected chi connectivity index (χ2v) is 9.80. The topological polar surface area (TPSA) is 58.2 Å². The van der Waals surface area contributed by atoms with Crippen molar-refractivity contribution in [2.24, 2.45) is 5.41 Å². The molecule has 1 aliphatic carbocycles. The largest absolute Gasteiger partial charge is 0.416 e. The molecule has 2 heterocycles. The van der Waals surface area contributed by atoms with Gasteiger partial charge < -0.3 is 10.6 Å². The van der Waals surface area contributed by atoms with Crippen molar-refractivity contribution in [3.05, 3.63) is 74.8 Å². The number of hydrogen-bond acceptors (Lipinski definition) is 4. The van der Waals surface area contributed by atoms with E-state index in [-0.39, 0.29) is 16.9 Å². The van der Waals surface area contributed by atoms with Crippen molar-refractivity contribution in [3.8, 4) is 0 Å². The number of anilines is 1. The van der Waals surface area contributed by atoms with E-state index in [1.165, 1.54) is 23.5 Å². The summed E-state index contributed by atoms with van der Waals surface area (Å²) in [5.41, 5.74) is 2.16. The van der Waals surface area contributed by atoms with E-state index in [0.717, 1.165) is 23.4 Å². The average molecular weight is 461 g/mol. The van der Waals surface area contributed by atoms with Crippen LogP contribution in [0.4, 0.5) is 18.9 Å². The molecule has 0 fully saturated rings. The molecule has 0 spiro atoms. The first kappa shape index (κ1) is 22.3. The monoisotopic (exact) mass is 460 g/mol. The molecule has 4 rings (SSSR count). The van der Waals surface area contributed by atoms with Gasteiger partial charge in [-0.15, -0.1) is 0 Å². The maximum Gasteiger partial charge on any atom is 0.416 e. The number of rotatable bonds is 3. The van der Waals surface area contributed by atoms with Gasteiger partial charge in [0.05, 0.1) is 5.56 Å². The molecule has 1 aliphatic heterocycles. The number of carbonyl (C=O) groups excluding carboxylic acids is 2. The SMILES string of the molecule is CC1=C(C(=O)Nc2cccc(C(F)(F)F)c2)C(c2ccsc2)C2=C(CC(C)(C)CC2=O)N1. The quantitative estimate of drug-likeness (QED) is 0.590. The number of alkyl halides is 3. The van der Waals surface area contributed by atoms with Crippen LogP contribution >= 0.6 is 11.3 Å². The minimum atomic E-state index is -4.51. The number of nitrogens with one attached hydrogen (secondary N) is 2. The number of allylic oxidation sites excluding steroid dienone is 3. The summed E-state index contributed by atoms with van der Waals surface area (Å²) >= 11 is 1.46. The minimum Gasteiger partial charge on any atom is -0.362 e. The van der Waals surface area contributed by atoms with E-state index >= 15 is 0 Å². The van der Waals surface area contributed by atoms with Gasteiger partial charge in [-0.3, -0.25) is 9.59 Å². The molecule has 1 amide bonds. The Morgan fingerprint density at radius 3 is 2.62 bits per heavy atom. The summed E-state index contributed by atoms with van der Waals surface area (Å²) in [6.45, 7) is 5.83. The van der Waals surface area contributed by atoms with Crippen LogP contribution in [-0.2, 0) is 15.8 Å². The third kappa shape index (κ3) is 4.24. The third-order valence-corrected chi connectivity index (χ3v) is 6.51. The second-order valence-electron chi connectivity index (χ2n) is 9.02. The smallest absolute Gasteiger partial charge is 0.362 e. The fraction of sp³-hybridized carbons (Fsp3) is 0.333. The maximum absolute atomic E-state index is 13.3. The van der Waals surface area contributed by atoms with Crippen LogP contribution in [0.25, 0.3) is 0 Å². The predicted molar refractivity (Wildman–Crippen MR) is 118 cm³/mol. The Bertz CT molecular complexity index is 1140. The normalized spacial score (nSPS) is 20.7. The summed E-state index contributed by atoms with van der Waals surface area (Å²) in [4.78, 5) is 26.5. The van der Waals surface area contributed by atoms with Gasteiger partial charge in [0.1, 0.15) is 0 Å². The van der Waals surface area contributed by atoms with Crippen molar-refractivity contribution >= 4 is 28.7 Å². The number of ketones is 1. The predicted octanol–water partition coefficient (Wildman–Crippen LogP) is 6.01. The zero-order chi connectivity index (χ0) is 23.3. The van der Waals surface area contributed by atoms with Crippen LogP contribution in [-0.4, -0.2) is 11.7 Å². The van der Waals surface area contributed by atoms with Gasteiger partial charge >= 0.3 is 6.18 Å². The number of carbonyl (C=O) groups is 2. The fourth-order valence-electron chi connectivity index (χ4n) is 4.48. The number of thiophene rings is 1. The molecule has 32 heavy (non-hydrogen) atoms. The lowest BCUT2D eigenvalue weighted by Crippen LogP contribution is -2.39. The molecule has 1 aromatic carbocycles. The van der Waals surface area contributed by atoms with Crippen molar-refractivity contribution in [3.63, 3.8) is 0 Å². The van der Waals surface area contributed by atoms with Crippen molar-refractivity contribution in [2.75, 3.05) is 5.32 Å². The highest BCUT2D eigenvalue weighted by molar-refractivity contribution is 7.08. The zero-order valence-corrected chi connectivity index (χ0v) is 18.7. The van der Waals surface area contributed by atoms with E-state index in [0.29, 0.717) is 29.7 Å². The molecule has 4 nitrogen and oxygen atoms in total. The number of amides is 1. The summed E-state index contributed by atoms with van der Waals surface area (Å²) in [6, 6.07) is 6.40. The molecule has 2 aliphatic rings. The highest BCUT2D eigenvalue weighted by Crippen LogP contribution is 2.47. The number of hydrogen-bond donors (Lipinski definition) is 2. The van der Waals surface area contributed by atoms with Crippen LogP contribution in [0.5, 0.6) is 0 Å². The Kier molecular flexibility index (Phi) is 5.53. The fourth-order valence-corrected chi connectivity index (χ4v) is 5.17. The number of Topliss-reactive ketones (excluding diaryl/α,β-unsaturated/α-hetero) is 1. The number of halogens is 3. The van der Waals surface area contributed by atoms with Crippen molar-refractivity contribution in [1.29, 1.82) is 0 Å². The lowest BCUT2D eigenvalue weighted by Gasteiger charge is -2.39. The van der Waals surface area contributed by atoms with E-state index in [2.05, 4.69) is 10.6 Å². The first-order valence-corrected chi connectivity index (χ1v) is 11.2. The number of benzene rings is 1. The molecule has 168 valence electrons. The molecule has 0 saturated carbocycles. The van der Waals surface area contributed by atoms with E-state index in [1.54, 1.807) is 6.92 Å². The Morgan fingerprint density at radius 2 is 1.97 bits per heavy atom. The summed E-state index contributed by atoms with van der Waals surface area (Å²) in [6.07, 6.45) is -3.47. The second kappa shape index (κ2) is 7.92. The van der Waals surface area contributed by atoms with Crippen LogP contribution in [0.3, 0.4) is 0 Å². The molecular formula is C24H23F3N2O2S. The van der Waals surface area contributed by atoms with E-state index < -0.39 is 23.6 Å².